The Morgan fingerprint density at radius 2 is 1.29 bits per heavy atom. The highest BCUT2D eigenvalue weighted by molar-refractivity contribution is 7.99. The minimum Gasteiger partial charge on any atom is -0.303 e. The summed E-state index contributed by atoms with van der Waals surface area (Å²) in [5, 5.41) is 3.33. The van der Waals surface area contributed by atoms with Crippen molar-refractivity contribution in [3.8, 4) is 0 Å². The van der Waals surface area contributed by atoms with Crippen molar-refractivity contribution < 1.29 is 0 Å². The lowest BCUT2D eigenvalue weighted by molar-refractivity contribution is 0.324. The molecule has 0 N–H and O–H groups in total. The molecule has 2 aromatic heterocycles. The number of pyridine rings is 2. The summed E-state index contributed by atoms with van der Waals surface area (Å²) >= 11 is 3.66. The lowest BCUT2D eigenvalue weighted by Gasteiger charge is -2.17. The van der Waals surface area contributed by atoms with E-state index in [-0.39, 0.29) is 12.4 Å². The van der Waals surface area contributed by atoms with Gasteiger partial charge in [-0.05, 0) is 56.9 Å². The molecule has 0 radical (unpaired) electrons. The van der Waals surface area contributed by atoms with Gasteiger partial charge < -0.3 is 9.80 Å². The number of aromatic nitrogens is 2. The molecule has 0 aromatic carbocycles. The van der Waals surface area contributed by atoms with Crippen LogP contribution in [0.4, 0.5) is 0 Å². The molecule has 0 bridgehead atoms. The average Bonchev–Trinajstić information content (AvgIpc) is 2.68. The molecule has 28 heavy (non-hydrogen) atoms. The molecule has 0 amide bonds. The maximum absolute atomic E-state index is 4.83. The fourth-order valence-corrected chi connectivity index (χ4v) is 4.86. The molecule has 0 aliphatic rings. The van der Waals surface area contributed by atoms with Crippen molar-refractivity contribution in [2.75, 3.05) is 50.8 Å². The molecule has 0 aliphatic carbocycles. The zero-order valence-corrected chi connectivity index (χ0v) is 20.4. The zero-order valence-electron chi connectivity index (χ0n) is 17.9. The first kappa shape index (κ1) is 25.5. The summed E-state index contributed by atoms with van der Waals surface area (Å²) < 4.78 is 0. The third-order valence-corrected chi connectivity index (χ3v) is 6.74. The molecule has 0 spiro atoms. The van der Waals surface area contributed by atoms with Crippen LogP contribution >= 0.6 is 35.9 Å². The smallest absolute Gasteiger partial charge is 0.161 e. The van der Waals surface area contributed by atoms with E-state index in [1.165, 1.54) is 5.56 Å². The first-order valence-corrected chi connectivity index (χ1v) is 12.1. The first-order chi connectivity index (χ1) is 13.1. The number of nitrogens with zero attached hydrogens (tertiary/aromatic N) is 4. The number of halogens is 1. The molecule has 7 heteroatoms. The van der Waals surface area contributed by atoms with Gasteiger partial charge in [-0.15, -0.1) is 35.9 Å². The normalized spacial score (nSPS) is 11.4. The fourth-order valence-electron chi connectivity index (χ4n) is 3.02. The number of hydrogen-bond acceptors (Lipinski definition) is 6. The molecular formula is C21H35ClN4S2. The predicted octanol–water partition coefficient (Wildman–Crippen LogP) is 5.23. The van der Waals surface area contributed by atoms with Crippen molar-refractivity contribution >= 4 is 47.0 Å². The molecule has 0 saturated heterocycles. The van der Waals surface area contributed by atoms with E-state index in [0.29, 0.717) is 0 Å². The van der Waals surface area contributed by atoms with Gasteiger partial charge in [-0.25, -0.2) is 9.97 Å². The molecule has 0 fully saturated rings. The van der Waals surface area contributed by atoms with E-state index in [1.807, 2.05) is 23.5 Å². The Labute approximate surface area is 185 Å². The van der Waals surface area contributed by atoms with Crippen molar-refractivity contribution in [1.29, 1.82) is 0 Å². The highest BCUT2D eigenvalue weighted by atomic mass is 35.5. The monoisotopic (exact) mass is 442 g/mol. The van der Waals surface area contributed by atoms with E-state index in [9.17, 15) is 0 Å². The predicted molar refractivity (Wildman–Crippen MR) is 129 cm³/mol. The van der Waals surface area contributed by atoms with Crippen molar-refractivity contribution in [2.45, 2.75) is 44.7 Å². The lowest BCUT2D eigenvalue weighted by atomic mass is 10.2. The molecule has 2 aromatic rings. The summed E-state index contributed by atoms with van der Waals surface area (Å²) in [6.45, 7) is 17.7. The largest absolute Gasteiger partial charge is 0.303 e. The zero-order chi connectivity index (χ0) is 19.6. The average molecular weight is 443 g/mol. The van der Waals surface area contributed by atoms with Crippen LogP contribution in [0.3, 0.4) is 0 Å². The number of aryl methyl sites for hydroxylation is 1. The standard InChI is InChI=1S/C21H34N4S2.ClH/c1-6-24(7-2)12-14-26-19-11-10-18-17(5)16-20(23-21(18)22-19)27-15-13-25(8-3)9-4;/h10-11,16H,6-9,12-15H2,1-5H3;1H. The van der Waals surface area contributed by atoms with Gasteiger partial charge in [0, 0.05) is 30.0 Å². The summed E-state index contributed by atoms with van der Waals surface area (Å²) in [5.74, 6) is 2.13. The molecule has 2 heterocycles. The Morgan fingerprint density at radius 1 is 0.786 bits per heavy atom. The summed E-state index contributed by atoms with van der Waals surface area (Å²) in [4.78, 5) is 14.6. The Hall–Kier alpha value is -0.530. The first-order valence-electron chi connectivity index (χ1n) is 10.1. The van der Waals surface area contributed by atoms with Crippen LogP contribution in [0, 0.1) is 6.92 Å². The van der Waals surface area contributed by atoms with Gasteiger partial charge in [0.1, 0.15) is 0 Å². The van der Waals surface area contributed by atoms with Crippen molar-refractivity contribution in [1.82, 2.24) is 19.8 Å². The van der Waals surface area contributed by atoms with Crippen molar-refractivity contribution in [3.63, 3.8) is 0 Å². The van der Waals surface area contributed by atoms with Crippen LogP contribution in [-0.4, -0.2) is 70.5 Å². The second-order valence-corrected chi connectivity index (χ2v) is 8.78. The maximum Gasteiger partial charge on any atom is 0.161 e. The van der Waals surface area contributed by atoms with Crippen LogP contribution in [0.1, 0.15) is 33.3 Å². The number of rotatable bonds is 12. The Kier molecular flexibility index (Phi) is 12.4. The molecule has 4 nitrogen and oxygen atoms in total. The Morgan fingerprint density at radius 3 is 1.82 bits per heavy atom. The van der Waals surface area contributed by atoms with Gasteiger partial charge in [0.2, 0.25) is 0 Å². The lowest BCUT2D eigenvalue weighted by Crippen LogP contribution is -2.25. The van der Waals surface area contributed by atoms with Crippen LogP contribution < -0.4 is 0 Å². The Balaban J connectivity index is 0.00000392. The van der Waals surface area contributed by atoms with Crippen molar-refractivity contribution in [3.05, 3.63) is 23.8 Å². The van der Waals surface area contributed by atoms with Gasteiger partial charge in [0.05, 0.1) is 10.1 Å². The number of thioether (sulfide) groups is 2. The second-order valence-electron chi connectivity index (χ2n) is 6.55. The van der Waals surface area contributed by atoms with E-state index in [4.69, 9.17) is 9.97 Å². The van der Waals surface area contributed by atoms with E-state index in [1.54, 1.807) is 0 Å². The van der Waals surface area contributed by atoms with E-state index < -0.39 is 0 Å². The SMILES string of the molecule is CCN(CC)CCSc1ccc2c(C)cc(SCCN(CC)CC)nc2n1.Cl. The minimum absolute atomic E-state index is 0. The molecule has 158 valence electrons. The summed E-state index contributed by atoms with van der Waals surface area (Å²) in [6.07, 6.45) is 0. The van der Waals surface area contributed by atoms with Gasteiger partial charge in [0.15, 0.2) is 5.65 Å². The quantitative estimate of drug-likeness (QED) is 0.418. The van der Waals surface area contributed by atoms with Gasteiger partial charge in [-0.1, -0.05) is 27.7 Å². The minimum atomic E-state index is 0. The topological polar surface area (TPSA) is 32.3 Å². The van der Waals surface area contributed by atoms with Crippen LogP contribution in [0.15, 0.2) is 28.3 Å². The van der Waals surface area contributed by atoms with E-state index in [2.05, 4.69) is 62.6 Å². The van der Waals surface area contributed by atoms with Crippen LogP contribution in [0.5, 0.6) is 0 Å². The third kappa shape index (κ3) is 7.71. The van der Waals surface area contributed by atoms with Crippen LogP contribution in [0.2, 0.25) is 0 Å². The molecule has 0 saturated carbocycles. The summed E-state index contributed by atoms with van der Waals surface area (Å²) in [7, 11) is 0. The van der Waals surface area contributed by atoms with E-state index in [0.717, 1.165) is 71.9 Å². The van der Waals surface area contributed by atoms with Crippen molar-refractivity contribution in [2.24, 2.45) is 0 Å². The molecule has 0 unspecified atom stereocenters. The molecule has 0 atom stereocenters. The van der Waals surface area contributed by atoms with Gasteiger partial charge in [-0.3, -0.25) is 0 Å². The number of hydrogen-bond donors (Lipinski definition) is 0. The number of fused-ring (bicyclic) bond motifs is 1. The highest BCUT2D eigenvalue weighted by Crippen LogP contribution is 2.25. The maximum atomic E-state index is 4.83. The fraction of sp³-hybridized carbons (Fsp3) is 0.619. The third-order valence-electron chi connectivity index (χ3n) is 4.93. The molecule has 0 aliphatic heterocycles. The summed E-state index contributed by atoms with van der Waals surface area (Å²) in [5.41, 5.74) is 2.14. The molecule has 2 rings (SSSR count). The second kappa shape index (κ2) is 13.6. The molecular weight excluding hydrogens is 408 g/mol. The van der Waals surface area contributed by atoms with Gasteiger partial charge in [-0.2, -0.15) is 0 Å². The van der Waals surface area contributed by atoms with Crippen LogP contribution in [-0.2, 0) is 0 Å². The van der Waals surface area contributed by atoms with Crippen LogP contribution in [0.25, 0.3) is 11.0 Å². The van der Waals surface area contributed by atoms with Gasteiger partial charge >= 0.3 is 0 Å². The Bertz CT molecular complexity index is 701. The van der Waals surface area contributed by atoms with Gasteiger partial charge in [0.25, 0.3) is 0 Å². The highest BCUT2D eigenvalue weighted by Gasteiger charge is 2.08. The summed E-state index contributed by atoms with van der Waals surface area (Å²) in [6, 6.07) is 6.51. The van der Waals surface area contributed by atoms with E-state index >= 15 is 0 Å².